The van der Waals surface area contributed by atoms with Gasteiger partial charge in [0.25, 0.3) is 0 Å². The van der Waals surface area contributed by atoms with Gasteiger partial charge in [-0.3, -0.25) is 9.69 Å². The topological polar surface area (TPSA) is 36.1 Å². The number of nitrogens with one attached hydrogen (secondary N) is 1. The summed E-state index contributed by atoms with van der Waals surface area (Å²) in [4.78, 5) is 18.7. The molecule has 3 nitrogen and oxygen atoms in total. The molecular weight excluding hydrogens is 304 g/mol. The highest BCUT2D eigenvalue weighted by Crippen LogP contribution is 2.29. The third-order valence-electron chi connectivity index (χ3n) is 4.83. The molecule has 0 bridgehead atoms. The number of benzene rings is 1. The van der Waals surface area contributed by atoms with E-state index in [-0.39, 0.29) is 4.87 Å². The van der Waals surface area contributed by atoms with Crippen LogP contribution in [-0.4, -0.2) is 23.0 Å². The zero-order chi connectivity index (χ0) is 16.6. The molecule has 2 aromatic rings. The second-order valence-corrected chi connectivity index (χ2v) is 8.32. The van der Waals surface area contributed by atoms with Crippen LogP contribution in [0, 0.1) is 25.7 Å². The van der Waals surface area contributed by atoms with Gasteiger partial charge < -0.3 is 4.98 Å². The Hall–Kier alpha value is -1.39. The normalized spacial score (nSPS) is 22.4. The highest BCUT2D eigenvalue weighted by molar-refractivity contribution is 7.09. The molecule has 2 atom stereocenters. The number of H-pyrrole nitrogens is 1. The minimum Gasteiger partial charge on any atom is -0.312 e. The summed E-state index contributed by atoms with van der Waals surface area (Å²) in [6.07, 6.45) is 1.31. The number of hydrogen-bond donors (Lipinski definition) is 1. The van der Waals surface area contributed by atoms with Crippen molar-refractivity contribution in [2.45, 2.75) is 40.7 Å². The van der Waals surface area contributed by atoms with E-state index < -0.39 is 0 Å². The number of likely N-dealkylation sites (tertiary alicyclic amines) is 1. The van der Waals surface area contributed by atoms with Gasteiger partial charge in [-0.25, -0.2) is 0 Å². The lowest BCUT2D eigenvalue weighted by atomic mass is 9.92. The SMILES string of the molecule is Cc1ccc(-c2[nH]c(=O)sc2CN2CC(C)CC(C)C2)cc1C. The van der Waals surface area contributed by atoms with Crippen LogP contribution in [0.2, 0.25) is 0 Å². The van der Waals surface area contributed by atoms with Crippen LogP contribution in [0.5, 0.6) is 0 Å². The molecule has 2 unspecified atom stereocenters. The molecule has 1 aromatic heterocycles. The lowest BCUT2D eigenvalue weighted by Crippen LogP contribution is -2.38. The standard InChI is InChI=1S/C19H26N2OS/c1-12-7-13(2)10-21(9-12)11-17-18(20-19(22)23-17)16-6-5-14(3)15(4)8-16/h5-6,8,12-13H,7,9-11H2,1-4H3,(H,20,22). The van der Waals surface area contributed by atoms with Crippen LogP contribution in [0.25, 0.3) is 11.3 Å². The van der Waals surface area contributed by atoms with Crippen molar-refractivity contribution in [3.8, 4) is 11.3 Å². The zero-order valence-electron chi connectivity index (χ0n) is 14.5. The summed E-state index contributed by atoms with van der Waals surface area (Å²) < 4.78 is 0. The molecule has 23 heavy (non-hydrogen) atoms. The Morgan fingerprint density at radius 3 is 2.52 bits per heavy atom. The van der Waals surface area contributed by atoms with Crippen LogP contribution in [0.15, 0.2) is 23.0 Å². The summed E-state index contributed by atoms with van der Waals surface area (Å²) in [6, 6.07) is 6.43. The molecule has 1 N–H and O–H groups in total. The van der Waals surface area contributed by atoms with Gasteiger partial charge in [0.05, 0.1) is 5.69 Å². The quantitative estimate of drug-likeness (QED) is 0.915. The van der Waals surface area contributed by atoms with Crippen molar-refractivity contribution in [3.63, 3.8) is 0 Å². The summed E-state index contributed by atoms with van der Waals surface area (Å²) in [7, 11) is 0. The Labute approximate surface area is 142 Å². The number of rotatable bonds is 3. The fourth-order valence-corrected chi connectivity index (χ4v) is 4.62. The molecule has 2 heterocycles. The average molecular weight is 330 g/mol. The van der Waals surface area contributed by atoms with Gasteiger partial charge in [-0.15, -0.1) is 0 Å². The van der Waals surface area contributed by atoms with Gasteiger partial charge in [0.2, 0.25) is 0 Å². The summed E-state index contributed by atoms with van der Waals surface area (Å²) in [5, 5.41) is 0. The zero-order valence-corrected chi connectivity index (χ0v) is 15.3. The maximum atomic E-state index is 12.0. The molecule has 0 aliphatic carbocycles. The van der Waals surface area contributed by atoms with E-state index in [1.165, 1.54) is 33.8 Å². The second-order valence-electron chi connectivity index (χ2n) is 7.25. The number of piperidine rings is 1. The van der Waals surface area contributed by atoms with Crippen LogP contribution in [0.3, 0.4) is 0 Å². The Morgan fingerprint density at radius 2 is 1.87 bits per heavy atom. The summed E-state index contributed by atoms with van der Waals surface area (Å²) in [6.45, 7) is 12.0. The maximum Gasteiger partial charge on any atom is 0.305 e. The van der Waals surface area contributed by atoms with E-state index in [4.69, 9.17) is 0 Å². The Morgan fingerprint density at radius 1 is 1.17 bits per heavy atom. The number of nitrogens with zero attached hydrogens (tertiary/aromatic N) is 1. The van der Waals surface area contributed by atoms with E-state index in [1.807, 2.05) is 0 Å². The van der Waals surface area contributed by atoms with Gasteiger partial charge >= 0.3 is 4.87 Å². The molecule has 0 spiro atoms. The summed E-state index contributed by atoms with van der Waals surface area (Å²) >= 11 is 1.36. The van der Waals surface area contributed by atoms with E-state index in [0.29, 0.717) is 0 Å². The number of thiazole rings is 1. The van der Waals surface area contributed by atoms with Gasteiger partial charge in [-0.1, -0.05) is 37.3 Å². The van der Waals surface area contributed by atoms with E-state index in [2.05, 4.69) is 55.8 Å². The molecule has 0 saturated carbocycles. The van der Waals surface area contributed by atoms with Gasteiger partial charge in [0, 0.05) is 24.5 Å². The highest BCUT2D eigenvalue weighted by Gasteiger charge is 2.23. The third kappa shape index (κ3) is 3.75. The minimum atomic E-state index is 0.0475. The van der Waals surface area contributed by atoms with Crippen molar-refractivity contribution in [1.29, 1.82) is 0 Å². The van der Waals surface area contributed by atoms with Crippen molar-refractivity contribution in [2.75, 3.05) is 13.1 Å². The van der Waals surface area contributed by atoms with Gasteiger partial charge in [0.1, 0.15) is 0 Å². The van der Waals surface area contributed by atoms with Crippen molar-refractivity contribution >= 4 is 11.3 Å². The molecule has 124 valence electrons. The van der Waals surface area contributed by atoms with Crippen LogP contribution in [0.4, 0.5) is 0 Å². The van der Waals surface area contributed by atoms with Crippen molar-refractivity contribution in [3.05, 3.63) is 43.9 Å². The van der Waals surface area contributed by atoms with Gasteiger partial charge in [-0.2, -0.15) is 0 Å². The predicted molar refractivity (Wildman–Crippen MR) is 98.1 cm³/mol. The largest absolute Gasteiger partial charge is 0.312 e. The number of aryl methyl sites for hydroxylation is 2. The Bertz CT molecular complexity index is 736. The smallest absolute Gasteiger partial charge is 0.305 e. The molecule has 4 heteroatoms. The number of aromatic nitrogens is 1. The first kappa shape index (κ1) is 16.5. The molecule has 1 fully saturated rings. The predicted octanol–water partition coefficient (Wildman–Crippen LogP) is 4.20. The molecule has 0 amide bonds. The van der Waals surface area contributed by atoms with E-state index in [1.54, 1.807) is 0 Å². The van der Waals surface area contributed by atoms with Gasteiger partial charge in [0.15, 0.2) is 0 Å². The Balaban J connectivity index is 1.88. The molecule has 1 aliphatic heterocycles. The summed E-state index contributed by atoms with van der Waals surface area (Å²) in [5.74, 6) is 1.47. The second kappa shape index (κ2) is 6.62. The fraction of sp³-hybridized carbons (Fsp3) is 0.526. The van der Waals surface area contributed by atoms with Gasteiger partial charge in [-0.05, 0) is 54.9 Å². The third-order valence-corrected chi connectivity index (χ3v) is 5.70. The first-order chi connectivity index (χ1) is 10.9. The van der Waals surface area contributed by atoms with Crippen LogP contribution in [-0.2, 0) is 6.54 Å². The maximum absolute atomic E-state index is 12.0. The molecule has 0 radical (unpaired) electrons. The number of aromatic amines is 1. The van der Waals surface area contributed by atoms with Crippen molar-refractivity contribution in [2.24, 2.45) is 11.8 Å². The first-order valence-corrected chi connectivity index (χ1v) is 9.26. The summed E-state index contributed by atoms with van der Waals surface area (Å²) in [5.41, 5.74) is 4.68. The van der Waals surface area contributed by atoms with Crippen LogP contribution in [0.1, 0.15) is 36.3 Å². The molecule has 1 saturated heterocycles. The van der Waals surface area contributed by atoms with Crippen molar-refractivity contribution < 1.29 is 0 Å². The average Bonchev–Trinajstić information content (AvgIpc) is 2.81. The fourth-order valence-electron chi connectivity index (χ4n) is 3.73. The lowest BCUT2D eigenvalue weighted by Gasteiger charge is -2.34. The molecular formula is C19H26N2OS. The van der Waals surface area contributed by atoms with E-state index in [9.17, 15) is 4.79 Å². The van der Waals surface area contributed by atoms with Crippen LogP contribution >= 0.6 is 11.3 Å². The van der Waals surface area contributed by atoms with Crippen LogP contribution < -0.4 is 4.87 Å². The molecule has 1 aromatic carbocycles. The minimum absolute atomic E-state index is 0.0475. The van der Waals surface area contributed by atoms with E-state index in [0.717, 1.165) is 42.7 Å². The molecule has 1 aliphatic rings. The van der Waals surface area contributed by atoms with E-state index >= 15 is 0 Å². The lowest BCUT2D eigenvalue weighted by molar-refractivity contribution is 0.135. The molecule has 3 rings (SSSR count). The number of hydrogen-bond acceptors (Lipinski definition) is 3. The first-order valence-electron chi connectivity index (χ1n) is 8.44. The van der Waals surface area contributed by atoms with Crippen molar-refractivity contribution in [1.82, 2.24) is 9.88 Å². The highest BCUT2D eigenvalue weighted by atomic mass is 32.1. The monoisotopic (exact) mass is 330 g/mol. The Kier molecular flexibility index (Phi) is 4.74.